The van der Waals surface area contributed by atoms with Crippen LogP contribution in [0.25, 0.3) is 0 Å². The second-order valence-electron chi connectivity index (χ2n) is 6.32. The Labute approximate surface area is 148 Å². The SMILES string of the molecule is CS(=O)(=O)N(CC(=O)N[C@@H]1CCCc2ccccc21)c1ccccc1. The minimum Gasteiger partial charge on any atom is -0.348 e. The molecule has 1 N–H and O–H groups in total. The van der Waals surface area contributed by atoms with Gasteiger partial charge in [0.1, 0.15) is 6.54 Å². The molecule has 132 valence electrons. The first-order valence-electron chi connectivity index (χ1n) is 8.35. The molecule has 1 aliphatic carbocycles. The Kier molecular flexibility index (Phi) is 5.08. The van der Waals surface area contributed by atoms with Gasteiger partial charge in [0.05, 0.1) is 18.0 Å². The molecule has 25 heavy (non-hydrogen) atoms. The lowest BCUT2D eigenvalue weighted by Crippen LogP contribution is -2.42. The zero-order chi connectivity index (χ0) is 17.9. The van der Waals surface area contributed by atoms with Gasteiger partial charge in [0, 0.05) is 0 Å². The number of fused-ring (bicyclic) bond motifs is 1. The summed E-state index contributed by atoms with van der Waals surface area (Å²) in [5.41, 5.74) is 2.87. The summed E-state index contributed by atoms with van der Waals surface area (Å²) in [7, 11) is -3.54. The van der Waals surface area contributed by atoms with Gasteiger partial charge < -0.3 is 5.32 Å². The van der Waals surface area contributed by atoms with Gasteiger partial charge in [-0.05, 0) is 42.5 Å². The third-order valence-electron chi connectivity index (χ3n) is 4.44. The molecule has 0 aliphatic heterocycles. The molecule has 0 spiro atoms. The summed E-state index contributed by atoms with van der Waals surface area (Å²) in [6.07, 6.45) is 4.01. The summed E-state index contributed by atoms with van der Waals surface area (Å²) < 4.78 is 25.3. The second-order valence-corrected chi connectivity index (χ2v) is 8.22. The number of carbonyl (C=O) groups excluding carboxylic acids is 1. The number of anilines is 1. The maximum Gasteiger partial charge on any atom is 0.241 e. The molecular weight excluding hydrogens is 336 g/mol. The Morgan fingerprint density at radius 1 is 1.12 bits per heavy atom. The lowest BCUT2D eigenvalue weighted by molar-refractivity contribution is -0.120. The number of nitrogens with zero attached hydrogens (tertiary/aromatic N) is 1. The fraction of sp³-hybridized carbons (Fsp3) is 0.316. The molecule has 2 aromatic carbocycles. The normalized spacial score (nSPS) is 16.8. The average molecular weight is 358 g/mol. The van der Waals surface area contributed by atoms with Crippen LogP contribution in [0.3, 0.4) is 0 Å². The van der Waals surface area contributed by atoms with E-state index in [1.807, 2.05) is 24.3 Å². The van der Waals surface area contributed by atoms with E-state index in [1.165, 1.54) is 5.56 Å². The summed E-state index contributed by atoms with van der Waals surface area (Å²) >= 11 is 0. The molecular formula is C19H22N2O3S. The Hall–Kier alpha value is -2.34. The van der Waals surface area contributed by atoms with E-state index in [4.69, 9.17) is 0 Å². The topological polar surface area (TPSA) is 66.5 Å². The van der Waals surface area contributed by atoms with Gasteiger partial charge in [-0.1, -0.05) is 42.5 Å². The lowest BCUT2D eigenvalue weighted by atomic mass is 9.88. The molecule has 3 rings (SSSR count). The summed E-state index contributed by atoms with van der Waals surface area (Å²) in [6, 6.07) is 16.7. The van der Waals surface area contributed by atoms with Crippen LogP contribution in [0.1, 0.15) is 30.0 Å². The van der Waals surface area contributed by atoms with Gasteiger partial charge >= 0.3 is 0 Å². The molecule has 0 heterocycles. The number of hydrogen-bond acceptors (Lipinski definition) is 3. The molecule has 1 aliphatic rings. The molecule has 2 aromatic rings. The fourth-order valence-electron chi connectivity index (χ4n) is 3.27. The standard InChI is InChI=1S/C19H22N2O3S/c1-25(23,24)21(16-10-3-2-4-11-16)14-19(22)20-18-13-7-9-15-8-5-6-12-17(15)18/h2-6,8,10-12,18H,7,9,13-14H2,1H3,(H,20,22)/t18-/m1/s1. The van der Waals surface area contributed by atoms with Gasteiger partial charge in [-0.15, -0.1) is 0 Å². The van der Waals surface area contributed by atoms with Crippen molar-refractivity contribution in [2.45, 2.75) is 25.3 Å². The first-order chi connectivity index (χ1) is 11.9. The zero-order valence-corrected chi connectivity index (χ0v) is 15.0. The number of sulfonamides is 1. The van der Waals surface area contributed by atoms with E-state index in [2.05, 4.69) is 11.4 Å². The van der Waals surface area contributed by atoms with Gasteiger partial charge in [-0.3, -0.25) is 9.10 Å². The van der Waals surface area contributed by atoms with E-state index in [1.54, 1.807) is 24.3 Å². The maximum absolute atomic E-state index is 12.5. The molecule has 6 heteroatoms. The summed E-state index contributed by atoms with van der Waals surface area (Å²) in [6.45, 7) is -0.221. The van der Waals surface area contributed by atoms with Crippen molar-refractivity contribution in [3.63, 3.8) is 0 Å². The van der Waals surface area contributed by atoms with Crippen LogP contribution in [-0.2, 0) is 21.2 Å². The van der Waals surface area contributed by atoms with E-state index in [0.717, 1.165) is 35.4 Å². The Morgan fingerprint density at radius 3 is 2.52 bits per heavy atom. The van der Waals surface area contributed by atoms with Crippen molar-refractivity contribution >= 4 is 21.6 Å². The number of aryl methyl sites for hydroxylation is 1. The number of amides is 1. The molecule has 1 amide bonds. The molecule has 0 bridgehead atoms. The highest BCUT2D eigenvalue weighted by Crippen LogP contribution is 2.29. The fourth-order valence-corrected chi connectivity index (χ4v) is 4.12. The third-order valence-corrected chi connectivity index (χ3v) is 5.58. The van der Waals surface area contributed by atoms with Crippen LogP contribution in [0, 0.1) is 0 Å². The van der Waals surface area contributed by atoms with Crippen LogP contribution in [-0.4, -0.2) is 27.1 Å². The van der Waals surface area contributed by atoms with Crippen LogP contribution in [0.2, 0.25) is 0 Å². The van der Waals surface area contributed by atoms with Crippen molar-refractivity contribution in [1.82, 2.24) is 5.32 Å². The molecule has 0 saturated carbocycles. The molecule has 0 radical (unpaired) electrons. The number of rotatable bonds is 5. The monoisotopic (exact) mass is 358 g/mol. The van der Waals surface area contributed by atoms with Crippen LogP contribution in [0.15, 0.2) is 54.6 Å². The van der Waals surface area contributed by atoms with Crippen molar-refractivity contribution in [2.75, 3.05) is 17.1 Å². The first kappa shape index (κ1) is 17.5. The highest BCUT2D eigenvalue weighted by Gasteiger charge is 2.25. The van der Waals surface area contributed by atoms with Crippen molar-refractivity contribution in [1.29, 1.82) is 0 Å². The third kappa shape index (κ3) is 4.20. The second kappa shape index (κ2) is 7.27. The summed E-state index contributed by atoms with van der Waals surface area (Å²) in [5, 5.41) is 3.00. The average Bonchev–Trinajstić information content (AvgIpc) is 2.60. The molecule has 0 fully saturated rings. The van der Waals surface area contributed by atoms with Gasteiger partial charge in [-0.2, -0.15) is 0 Å². The molecule has 0 aromatic heterocycles. The molecule has 0 saturated heterocycles. The maximum atomic E-state index is 12.5. The number of para-hydroxylation sites is 1. The highest BCUT2D eigenvalue weighted by molar-refractivity contribution is 7.92. The van der Waals surface area contributed by atoms with Crippen LogP contribution >= 0.6 is 0 Å². The van der Waals surface area contributed by atoms with E-state index in [9.17, 15) is 13.2 Å². The van der Waals surface area contributed by atoms with Crippen LogP contribution < -0.4 is 9.62 Å². The number of nitrogens with one attached hydrogen (secondary N) is 1. The van der Waals surface area contributed by atoms with E-state index in [0.29, 0.717) is 5.69 Å². The lowest BCUT2D eigenvalue weighted by Gasteiger charge is -2.28. The van der Waals surface area contributed by atoms with Crippen molar-refractivity contribution in [3.8, 4) is 0 Å². The van der Waals surface area contributed by atoms with Crippen LogP contribution in [0.4, 0.5) is 5.69 Å². The summed E-state index contributed by atoms with van der Waals surface area (Å²) in [5.74, 6) is -0.295. The Morgan fingerprint density at radius 2 is 1.80 bits per heavy atom. The van der Waals surface area contributed by atoms with Crippen molar-refractivity contribution < 1.29 is 13.2 Å². The number of benzene rings is 2. The number of carbonyl (C=O) groups is 1. The van der Waals surface area contributed by atoms with Gasteiger partial charge in [0.25, 0.3) is 0 Å². The quantitative estimate of drug-likeness (QED) is 0.893. The summed E-state index contributed by atoms with van der Waals surface area (Å²) in [4.78, 5) is 12.5. The van der Waals surface area contributed by atoms with E-state index >= 15 is 0 Å². The first-order valence-corrected chi connectivity index (χ1v) is 10.2. The van der Waals surface area contributed by atoms with Crippen molar-refractivity contribution in [2.24, 2.45) is 0 Å². The van der Waals surface area contributed by atoms with E-state index < -0.39 is 10.0 Å². The van der Waals surface area contributed by atoms with Gasteiger partial charge in [0.2, 0.25) is 15.9 Å². The van der Waals surface area contributed by atoms with Crippen molar-refractivity contribution in [3.05, 3.63) is 65.7 Å². The predicted octanol–water partition coefficient (Wildman–Crippen LogP) is 2.65. The van der Waals surface area contributed by atoms with Gasteiger partial charge in [-0.25, -0.2) is 8.42 Å². The predicted molar refractivity (Wildman–Crippen MR) is 98.9 cm³/mol. The van der Waals surface area contributed by atoms with Crippen LogP contribution in [0.5, 0.6) is 0 Å². The largest absolute Gasteiger partial charge is 0.348 e. The molecule has 5 nitrogen and oxygen atoms in total. The molecule has 0 unspecified atom stereocenters. The Balaban J connectivity index is 1.75. The minimum atomic E-state index is -3.54. The minimum absolute atomic E-state index is 0.0605. The highest BCUT2D eigenvalue weighted by atomic mass is 32.2. The zero-order valence-electron chi connectivity index (χ0n) is 14.2. The smallest absolute Gasteiger partial charge is 0.241 e. The van der Waals surface area contributed by atoms with E-state index in [-0.39, 0.29) is 18.5 Å². The Bertz CT molecular complexity index is 850. The van der Waals surface area contributed by atoms with Gasteiger partial charge in [0.15, 0.2) is 0 Å². The number of hydrogen-bond donors (Lipinski definition) is 1. The molecule has 1 atom stereocenters.